The maximum absolute atomic E-state index is 14.6. The zero-order valence-corrected chi connectivity index (χ0v) is 28.4. The first-order valence-corrected chi connectivity index (χ1v) is 17.8. The highest BCUT2D eigenvalue weighted by molar-refractivity contribution is 7.92. The average molecular weight is 712 g/mol. The molecule has 12 heteroatoms. The Kier molecular flexibility index (Phi) is 11.3. The van der Waals surface area contributed by atoms with Crippen LogP contribution < -0.4 is 9.62 Å². The molecule has 1 saturated carbocycles. The van der Waals surface area contributed by atoms with Crippen molar-refractivity contribution in [1.82, 2.24) is 10.2 Å². The standard InChI is InChI=1S/C37H37ClF3N3O4S/c1-26-16-19-31(20-17-26)49(47,48)44(30-18-21-33(38)32(23-30)37(39,40)41)25-35(45)43(24-28-12-6-3-7-13-28)34(22-27-10-4-2-5-11-27)36(46)42-29-14-8-9-15-29/h2-7,10-13,16-21,23,29,34H,8-9,14-15,22,24-25H2,1H3,(H,42,46). The van der Waals surface area contributed by atoms with Gasteiger partial charge in [-0.2, -0.15) is 13.2 Å². The van der Waals surface area contributed by atoms with Crippen LogP contribution in [0.25, 0.3) is 0 Å². The normalized spacial score (nSPS) is 14.3. The number of hydrogen-bond acceptors (Lipinski definition) is 4. The van der Waals surface area contributed by atoms with Crippen molar-refractivity contribution in [3.8, 4) is 0 Å². The molecule has 1 atom stereocenters. The number of rotatable bonds is 12. The van der Waals surface area contributed by atoms with Gasteiger partial charge in [0.2, 0.25) is 11.8 Å². The molecule has 7 nitrogen and oxygen atoms in total. The Morgan fingerprint density at radius 1 is 0.878 bits per heavy atom. The lowest BCUT2D eigenvalue weighted by Crippen LogP contribution is -2.54. The molecule has 4 aromatic carbocycles. The number of carbonyl (C=O) groups excluding carboxylic acids is 2. The number of carbonyl (C=O) groups is 2. The number of nitrogens with zero attached hydrogens (tertiary/aromatic N) is 2. The van der Waals surface area contributed by atoms with Crippen LogP contribution in [-0.4, -0.2) is 43.8 Å². The number of nitrogens with one attached hydrogen (secondary N) is 1. The molecule has 1 aliphatic rings. The topological polar surface area (TPSA) is 86.8 Å². The van der Waals surface area contributed by atoms with E-state index in [0.717, 1.165) is 48.9 Å². The molecule has 5 rings (SSSR count). The lowest BCUT2D eigenvalue weighted by Gasteiger charge is -2.34. The van der Waals surface area contributed by atoms with Gasteiger partial charge >= 0.3 is 6.18 Å². The molecule has 0 spiro atoms. The molecule has 1 fully saturated rings. The molecule has 0 aliphatic heterocycles. The Hall–Kier alpha value is -4.35. The summed E-state index contributed by atoms with van der Waals surface area (Å²) < 4.78 is 71.0. The van der Waals surface area contributed by atoms with Gasteiger partial charge in [0.25, 0.3) is 10.0 Å². The van der Waals surface area contributed by atoms with Crippen LogP contribution in [0.5, 0.6) is 0 Å². The summed E-state index contributed by atoms with van der Waals surface area (Å²) in [7, 11) is -4.60. The maximum Gasteiger partial charge on any atom is 0.417 e. The van der Waals surface area contributed by atoms with Crippen molar-refractivity contribution in [2.24, 2.45) is 0 Å². The number of sulfonamides is 1. The third-order valence-corrected chi connectivity index (χ3v) is 10.7. The fraction of sp³-hybridized carbons (Fsp3) is 0.297. The van der Waals surface area contributed by atoms with Crippen LogP contribution in [0.1, 0.15) is 47.9 Å². The highest BCUT2D eigenvalue weighted by atomic mass is 35.5. The van der Waals surface area contributed by atoms with Crippen LogP contribution in [0.3, 0.4) is 0 Å². The summed E-state index contributed by atoms with van der Waals surface area (Å²) >= 11 is 5.90. The molecule has 1 unspecified atom stereocenters. The molecule has 0 heterocycles. The number of aryl methyl sites for hydroxylation is 1. The van der Waals surface area contributed by atoms with Crippen molar-refractivity contribution in [2.75, 3.05) is 10.8 Å². The lowest BCUT2D eigenvalue weighted by molar-refractivity contribution is -0.140. The predicted octanol–water partition coefficient (Wildman–Crippen LogP) is 7.56. The summed E-state index contributed by atoms with van der Waals surface area (Å²) in [4.78, 5) is 29.7. The van der Waals surface area contributed by atoms with Crippen molar-refractivity contribution in [3.05, 3.63) is 130 Å². The highest BCUT2D eigenvalue weighted by Gasteiger charge is 2.38. The first-order valence-electron chi connectivity index (χ1n) is 16.0. The molecule has 49 heavy (non-hydrogen) atoms. The van der Waals surface area contributed by atoms with Gasteiger partial charge in [-0.15, -0.1) is 0 Å². The number of amides is 2. The summed E-state index contributed by atoms with van der Waals surface area (Å²) in [6, 6.07) is 25.4. The monoisotopic (exact) mass is 711 g/mol. The van der Waals surface area contributed by atoms with Gasteiger partial charge in [0.05, 0.1) is 21.2 Å². The van der Waals surface area contributed by atoms with Gasteiger partial charge in [-0.05, 0) is 61.2 Å². The highest BCUT2D eigenvalue weighted by Crippen LogP contribution is 2.38. The number of anilines is 1. The van der Waals surface area contributed by atoms with E-state index in [-0.39, 0.29) is 29.8 Å². The van der Waals surface area contributed by atoms with Crippen LogP contribution in [0, 0.1) is 6.92 Å². The minimum absolute atomic E-state index is 0.0535. The largest absolute Gasteiger partial charge is 0.417 e. The van der Waals surface area contributed by atoms with Crippen LogP contribution in [0.15, 0.2) is 108 Å². The van der Waals surface area contributed by atoms with Gasteiger partial charge < -0.3 is 10.2 Å². The van der Waals surface area contributed by atoms with Crippen molar-refractivity contribution >= 4 is 39.1 Å². The second-order valence-electron chi connectivity index (χ2n) is 12.2. The maximum atomic E-state index is 14.6. The van der Waals surface area contributed by atoms with E-state index in [4.69, 9.17) is 11.6 Å². The second-order valence-corrected chi connectivity index (χ2v) is 14.5. The van der Waals surface area contributed by atoms with Gasteiger partial charge in [0, 0.05) is 19.0 Å². The van der Waals surface area contributed by atoms with Crippen molar-refractivity contribution in [1.29, 1.82) is 0 Å². The minimum Gasteiger partial charge on any atom is -0.352 e. The SMILES string of the molecule is Cc1ccc(S(=O)(=O)N(CC(=O)N(Cc2ccccc2)C(Cc2ccccc2)C(=O)NC2CCCC2)c2ccc(Cl)c(C(F)(F)F)c2)cc1. The zero-order chi connectivity index (χ0) is 35.2. The van der Waals surface area contributed by atoms with Gasteiger partial charge in [0.1, 0.15) is 12.6 Å². The fourth-order valence-electron chi connectivity index (χ4n) is 5.95. The molecule has 4 aromatic rings. The number of hydrogen-bond donors (Lipinski definition) is 1. The summed E-state index contributed by atoms with van der Waals surface area (Å²) in [6.45, 7) is 0.823. The quantitative estimate of drug-likeness (QED) is 0.164. The van der Waals surface area contributed by atoms with Gasteiger partial charge in [0.15, 0.2) is 0 Å². The summed E-state index contributed by atoms with van der Waals surface area (Å²) in [5.41, 5.74) is 0.569. The Morgan fingerprint density at radius 3 is 2.06 bits per heavy atom. The van der Waals surface area contributed by atoms with Gasteiger partial charge in [-0.1, -0.05) is 103 Å². The molecule has 1 aliphatic carbocycles. The van der Waals surface area contributed by atoms with E-state index in [1.807, 2.05) is 30.3 Å². The third-order valence-electron chi connectivity index (χ3n) is 8.60. The van der Waals surface area contributed by atoms with E-state index in [9.17, 15) is 31.2 Å². The fourth-order valence-corrected chi connectivity index (χ4v) is 7.58. The number of halogens is 4. The van der Waals surface area contributed by atoms with E-state index >= 15 is 0 Å². The van der Waals surface area contributed by atoms with Crippen molar-refractivity contribution in [2.45, 2.75) is 68.7 Å². The number of benzene rings is 4. The van der Waals surface area contributed by atoms with Crippen LogP contribution in [0.4, 0.5) is 18.9 Å². The van der Waals surface area contributed by atoms with Crippen molar-refractivity contribution < 1.29 is 31.2 Å². The van der Waals surface area contributed by atoms with Crippen LogP contribution in [0.2, 0.25) is 5.02 Å². The van der Waals surface area contributed by atoms with E-state index < -0.39 is 51.0 Å². The van der Waals surface area contributed by atoms with Crippen LogP contribution in [-0.2, 0) is 38.8 Å². The Morgan fingerprint density at radius 2 is 1.47 bits per heavy atom. The lowest BCUT2D eigenvalue weighted by atomic mass is 10.0. The average Bonchev–Trinajstić information content (AvgIpc) is 3.59. The summed E-state index contributed by atoms with van der Waals surface area (Å²) in [5, 5.41) is 2.47. The van der Waals surface area contributed by atoms with E-state index in [0.29, 0.717) is 15.9 Å². The minimum atomic E-state index is -4.89. The zero-order valence-electron chi connectivity index (χ0n) is 26.9. The van der Waals surface area contributed by atoms with E-state index in [2.05, 4.69) is 5.32 Å². The smallest absolute Gasteiger partial charge is 0.352 e. The Labute approximate surface area is 289 Å². The third kappa shape index (κ3) is 9.01. The first kappa shape index (κ1) is 35.9. The molecule has 258 valence electrons. The molecule has 0 saturated heterocycles. The Balaban J connectivity index is 1.60. The molecular weight excluding hydrogens is 675 g/mol. The van der Waals surface area contributed by atoms with E-state index in [1.165, 1.54) is 17.0 Å². The van der Waals surface area contributed by atoms with Gasteiger partial charge in [-0.25, -0.2) is 8.42 Å². The molecular formula is C37H37ClF3N3O4S. The van der Waals surface area contributed by atoms with E-state index in [1.54, 1.807) is 49.4 Å². The predicted molar refractivity (Wildman–Crippen MR) is 183 cm³/mol. The summed E-state index contributed by atoms with van der Waals surface area (Å²) in [5.74, 6) is -1.16. The van der Waals surface area contributed by atoms with Crippen molar-refractivity contribution in [3.63, 3.8) is 0 Å². The first-order chi connectivity index (χ1) is 23.3. The van der Waals surface area contributed by atoms with Gasteiger partial charge in [-0.3, -0.25) is 13.9 Å². The molecule has 2 amide bonds. The second kappa shape index (κ2) is 15.5. The van der Waals surface area contributed by atoms with Crippen LogP contribution >= 0.6 is 11.6 Å². The molecule has 0 bridgehead atoms. The molecule has 0 aromatic heterocycles. The molecule has 0 radical (unpaired) electrons. The Bertz CT molecular complexity index is 1850. The molecule has 1 N–H and O–H groups in total. The summed E-state index contributed by atoms with van der Waals surface area (Å²) in [6.07, 6.45) is -1.23. The number of alkyl halides is 3.